The summed E-state index contributed by atoms with van der Waals surface area (Å²) in [5, 5.41) is 15.6. The molecule has 0 spiro atoms. The zero-order chi connectivity index (χ0) is 64.4. The highest BCUT2D eigenvalue weighted by atomic mass is 32.2. The zero-order valence-electron chi connectivity index (χ0n) is 48.5. The van der Waals surface area contributed by atoms with E-state index < -0.39 is 104 Å². The van der Waals surface area contributed by atoms with Crippen molar-refractivity contribution in [2.45, 2.75) is 54.5 Å². The molecule has 4 aliphatic heterocycles. The second-order valence-electron chi connectivity index (χ2n) is 22.5. The zero-order valence-corrected chi connectivity index (χ0v) is 50.2. The monoisotopic (exact) mass is 1290 g/mol. The Kier molecular flexibility index (Phi) is 15.5. The summed E-state index contributed by atoms with van der Waals surface area (Å²) in [4.78, 5) is 103. The molecule has 0 radical (unpaired) electrons. The first-order valence-electron chi connectivity index (χ1n) is 29.2. The molecule has 4 aliphatic carbocycles. The first-order chi connectivity index (χ1) is 45.0. The van der Waals surface area contributed by atoms with Crippen molar-refractivity contribution >= 4 is 82.0 Å². The molecule has 6 aromatic rings. The number of allylic oxidation sites excluding steroid dienone is 7. The van der Waals surface area contributed by atoms with Gasteiger partial charge in [-0.1, -0.05) is 170 Å². The first kappa shape index (κ1) is 60.1. The predicted molar refractivity (Wildman–Crippen MR) is 333 cm³/mol. The number of nitrogens with one attached hydrogen (secondary N) is 2. The van der Waals surface area contributed by atoms with Crippen LogP contribution in [0.15, 0.2) is 232 Å². The molecule has 6 aromatic carbocycles. The Morgan fingerprint density at radius 2 is 0.946 bits per heavy atom. The number of esters is 4. The molecule has 16 nitrogen and oxygen atoms in total. The molecule has 0 bridgehead atoms. The van der Waals surface area contributed by atoms with Crippen LogP contribution >= 0.6 is 23.5 Å². The van der Waals surface area contributed by atoms with Crippen LogP contribution in [0.3, 0.4) is 0 Å². The van der Waals surface area contributed by atoms with Crippen molar-refractivity contribution in [3.8, 4) is 0 Å². The second-order valence-corrected chi connectivity index (χ2v) is 24.8. The maximum atomic E-state index is 15.3. The van der Waals surface area contributed by atoms with Gasteiger partial charge < -0.3 is 44.2 Å². The number of carbonyl (C=O) groups is 7. The highest BCUT2D eigenvalue weighted by Gasteiger charge is 2.65. The van der Waals surface area contributed by atoms with Crippen LogP contribution in [0, 0.1) is 29.3 Å². The number of Topliss-reactive ketones (excluding diaryl/α,β-unsaturated/α-hetero) is 3. The molecule has 93 heavy (non-hydrogen) atoms. The standard InChI is InChI=1S/C72H49F3N2O14S2/c1-2-41-23-44(73)28-46-48(59(78)61(80)57(41)46)31-55-76-65-63(92-55)50-24-42-27-54-51(25-43(42)26-53(50)90-71(65,67(82)86-33-37-15-7-3-8-16-37)68(83)87-34-38-17-9-4-10-18-38)64-66(77-56(93-64)32-49-47-29-45(74)30-52(75)58(47)62(81)60(49)79)72(91-54,69(84)88-35-39-19-11-5-12-20-39)70(85)89-36-40-21-13-6-14-22-40/h2-32,42-43,55-56,60,76-77,79H,1,33-36H2/b48-31-,49-32-. The van der Waals surface area contributed by atoms with Crippen LogP contribution in [0.5, 0.6) is 0 Å². The summed E-state index contributed by atoms with van der Waals surface area (Å²) >= 11 is 2.05. The lowest BCUT2D eigenvalue weighted by Crippen LogP contribution is -2.57. The van der Waals surface area contributed by atoms with Gasteiger partial charge in [-0.05, 0) is 81.5 Å². The smallest absolute Gasteiger partial charge is 0.369 e. The molecular formula is C72H49F3N2O14S2. The molecule has 5 unspecified atom stereocenters. The fourth-order valence-electron chi connectivity index (χ4n) is 12.3. The summed E-state index contributed by atoms with van der Waals surface area (Å²) in [6.45, 7) is 2.40. The normalized spacial score (nSPS) is 22.3. The summed E-state index contributed by atoms with van der Waals surface area (Å²) in [5.41, 5.74) is -4.05. The van der Waals surface area contributed by atoms with Crippen molar-refractivity contribution in [3.63, 3.8) is 0 Å². The minimum Gasteiger partial charge on any atom is -0.458 e. The third-order valence-electron chi connectivity index (χ3n) is 16.7. The van der Waals surface area contributed by atoms with E-state index in [9.17, 15) is 23.9 Å². The van der Waals surface area contributed by atoms with Crippen LogP contribution in [0.1, 0.15) is 59.7 Å². The van der Waals surface area contributed by atoms with Gasteiger partial charge in [0.25, 0.3) is 0 Å². The molecule has 0 saturated heterocycles. The minimum atomic E-state index is -2.78. The summed E-state index contributed by atoms with van der Waals surface area (Å²) in [6, 6.07) is 38.3. The molecule has 464 valence electrons. The lowest BCUT2D eigenvalue weighted by Gasteiger charge is -2.41. The number of ether oxygens (including phenoxy) is 6. The third kappa shape index (κ3) is 10.5. The molecule has 0 amide bonds. The number of ketones is 3. The molecule has 14 rings (SSSR count). The number of hydrogen-bond donors (Lipinski definition) is 3. The van der Waals surface area contributed by atoms with E-state index in [1.807, 2.05) is 0 Å². The molecule has 8 aliphatic rings. The van der Waals surface area contributed by atoms with Gasteiger partial charge in [0, 0.05) is 55.6 Å². The van der Waals surface area contributed by atoms with Crippen molar-refractivity contribution in [2.24, 2.45) is 11.8 Å². The van der Waals surface area contributed by atoms with Gasteiger partial charge in [0.05, 0.1) is 27.7 Å². The van der Waals surface area contributed by atoms with Gasteiger partial charge in [-0.3, -0.25) is 14.4 Å². The van der Waals surface area contributed by atoms with Crippen molar-refractivity contribution in [2.75, 3.05) is 0 Å². The minimum absolute atomic E-state index is 0.00612. The second kappa shape index (κ2) is 24.0. The fourth-order valence-corrected chi connectivity index (χ4v) is 14.8. The summed E-state index contributed by atoms with van der Waals surface area (Å²) in [5.74, 6) is -12.1. The van der Waals surface area contributed by atoms with Crippen molar-refractivity contribution < 1.29 is 80.3 Å². The van der Waals surface area contributed by atoms with Crippen LogP contribution < -0.4 is 10.6 Å². The number of aliphatic hydroxyl groups is 1. The average molecular weight is 1290 g/mol. The van der Waals surface area contributed by atoms with Crippen LogP contribution in [-0.2, 0) is 78.8 Å². The van der Waals surface area contributed by atoms with Crippen molar-refractivity contribution in [1.29, 1.82) is 0 Å². The van der Waals surface area contributed by atoms with Gasteiger partial charge >= 0.3 is 35.1 Å². The highest BCUT2D eigenvalue weighted by molar-refractivity contribution is 8.04. The van der Waals surface area contributed by atoms with Gasteiger partial charge in [0.15, 0.2) is 5.78 Å². The first-order valence-corrected chi connectivity index (χ1v) is 31.0. The van der Waals surface area contributed by atoms with Gasteiger partial charge in [-0.15, -0.1) is 0 Å². The van der Waals surface area contributed by atoms with E-state index in [4.69, 9.17) is 28.4 Å². The number of hydrogen-bond acceptors (Lipinski definition) is 18. The van der Waals surface area contributed by atoms with Crippen LogP contribution in [0.25, 0.3) is 17.2 Å². The molecule has 4 heterocycles. The maximum absolute atomic E-state index is 15.3. The number of thioether (sulfide) groups is 2. The van der Waals surface area contributed by atoms with Crippen molar-refractivity contribution in [1.82, 2.24) is 10.6 Å². The molecule has 5 atom stereocenters. The van der Waals surface area contributed by atoms with Crippen LogP contribution in [0.2, 0.25) is 0 Å². The molecule has 0 saturated carbocycles. The topological polar surface area (TPSA) is 219 Å². The number of carbonyl (C=O) groups excluding carboxylic acids is 7. The largest absolute Gasteiger partial charge is 0.458 e. The lowest BCUT2D eigenvalue weighted by molar-refractivity contribution is -0.185. The Labute approximate surface area is 536 Å². The Bertz CT molecular complexity index is 4430. The number of aliphatic hydroxyl groups excluding tert-OH is 1. The van der Waals surface area contributed by atoms with E-state index in [1.54, 1.807) is 146 Å². The predicted octanol–water partition coefficient (Wildman–Crippen LogP) is 10.7. The van der Waals surface area contributed by atoms with Crippen LogP contribution in [0.4, 0.5) is 13.2 Å². The van der Waals surface area contributed by atoms with Gasteiger partial charge in [0.2, 0.25) is 11.6 Å². The van der Waals surface area contributed by atoms with Gasteiger partial charge in [-0.25, -0.2) is 32.3 Å². The molecule has 0 fully saturated rings. The average Bonchev–Trinajstić information content (AvgIpc) is 1.70. The van der Waals surface area contributed by atoms with E-state index in [0.29, 0.717) is 39.5 Å². The number of halogens is 3. The Balaban J connectivity index is 0.906. The van der Waals surface area contributed by atoms with Gasteiger partial charge in [0.1, 0.15) is 61.5 Å². The summed E-state index contributed by atoms with van der Waals surface area (Å²) in [6.07, 6.45) is 8.92. The molecule has 0 aromatic heterocycles. The van der Waals surface area contributed by atoms with E-state index >= 15 is 28.0 Å². The SMILES string of the molecule is C=Cc1cc(F)cc2c1C(=O)C(=O)/C2=C\C1NC2=C(S1)C1=CC3C=C4OC(C(=O)OCc5ccccc5)(C(=O)OCc5ccccc5)C5=C(SC(/C=C6/c7cc(F)cc(F)c7C(=O)C6O)N5)C4=CC3C=C1OC2(C(=O)OCc1ccccc1)C(=O)OCc1ccccc1. The van der Waals surface area contributed by atoms with Crippen LogP contribution in [-0.4, -0.2) is 74.4 Å². The highest BCUT2D eigenvalue weighted by Crippen LogP contribution is 2.57. The van der Waals surface area contributed by atoms with E-state index in [-0.39, 0.29) is 92.6 Å². The number of benzene rings is 6. The van der Waals surface area contributed by atoms with E-state index in [2.05, 4.69) is 17.2 Å². The Morgan fingerprint density at radius 3 is 1.38 bits per heavy atom. The molecule has 21 heteroatoms. The maximum Gasteiger partial charge on any atom is 0.369 e. The Hall–Kier alpha value is -10.5. The van der Waals surface area contributed by atoms with Crippen molar-refractivity contribution in [3.05, 3.63) is 300 Å². The number of rotatable bonds is 15. The van der Waals surface area contributed by atoms with Gasteiger partial charge in [-0.2, -0.15) is 0 Å². The summed E-state index contributed by atoms with van der Waals surface area (Å²) in [7, 11) is 0. The molecular weight excluding hydrogens is 1240 g/mol. The quantitative estimate of drug-likeness (QED) is 0.0286. The van der Waals surface area contributed by atoms with E-state index in [1.165, 1.54) is 18.2 Å². The van der Waals surface area contributed by atoms with E-state index in [0.717, 1.165) is 41.7 Å². The third-order valence-corrected chi connectivity index (χ3v) is 19.1. The number of fused-ring (bicyclic) bond motifs is 7. The Morgan fingerprint density at radius 1 is 0.538 bits per heavy atom. The molecule has 3 N–H and O–H groups in total. The summed E-state index contributed by atoms with van der Waals surface area (Å²) < 4.78 is 83.3. The fraction of sp³-hybridized carbons (Fsp3) is 0.153. The lowest BCUT2D eigenvalue weighted by atomic mass is 9.77.